The third-order valence-corrected chi connectivity index (χ3v) is 3.93. The number of hydrogen-bond donors (Lipinski definition) is 1. The number of rotatable bonds is 3. The highest BCUT2D eigenvalue weighted by atomic mass is 14.9. The van der Waals surface area contributed by atoms with E-state index in [2.05, 4.69) is 75.3 Å². The van der Waals surface area contributed by atoms with Crippen LogP contribution in [0.4, 0.5) is 0 Å². The first-order chi connectivity index (χ1) is 9.82. The van der Waals surface area contributed by atoms with Crippen LogP contribution >= 0.6 is 0 Å². The Morgan fingerprint density at radius 3 is 2.14 bits per heavy atom. The lowest BCUT2D eigenvalue weighted by atomic mass is 9.86. The second-order valence-electron chi connectivity index (χ2n) is 6.81. The van der Waals surface area contributed by atoms with Gasteiger partial charge in [0.05, 0.1) is 11.7 Å². The molecule has 1 aromatic carbocycles. The van der Waals surface area contributed by atoms with E-state index in [1.807, 2.05) is 13.2 Å². The number of benzene rings is 1. The van der Waals surface area contributed by atoms with Gasteiger partial charge in [0.25, 0.3) is 0 Å². The lowest BCUT2D eigenvalue weighted by Crippen LogP contribution is -2.20. The van der Waals surface area contributed by atoms with Gasteiger partial charge in [0.2, 0.25) is 0 Å². The standard InChI is InChI=1S/C19H26N2/c1-13-11-14(2)17(21-12-13)18(20-6)15-7-9-16(10-8-15)19(3,4)5/h7-12,18,20H,1-6H3. The highest BCUT2D eigenvalue weighted by Crippen LogP contribution is 2.27. The molecule has 0 saturated carbocycles. The van der Waals surface area contributed by atoms with Gasteiger partial charge in [-0.25, -0.2) is 0 Å². The van der Waals surface area contributed by atoms with Crippen LogP contribution < -0.4 is 5.32 Å². The van der Waals surface area contributed by atoms with Gasteiger partial charge in [0, 0.05) is 6.20 Å². The molecule has 0 saturated heterocycles. The molecule has 2 nitrogen and oxygen atoms in total. The molecule has 0 radical (unpaired) electrons. The zero-order chi connectivity index (χ0) is 15.6. The average Bonchev–Trinajstić information content (AvgIpc) is 2.41. The predicted octanol–water partition coefficient (Wildman–Crippen LogP) is 4.30. The number of aromatic nitrogens is 1. The second-order valence-corrected chi connectivity index (χ2v) is 6.81. The summed E-state index contributed by atoms with van der Waals surface area (Å²) in [6.07, 6.45) is 1.94. The summed E-state index contributed by atoms with van der Waals surface area (Å²) in [5, 5.41) is 3.39. The average molecular weight is 282 g/mol. The molecule has 21 heavy (non-hydrogen) atoms. The molecule has 1 unspecified atom stereocenters. The van der Waals surface area contributed by atoms with Gasteiger partial charge in [-0.1, -0.05) is 51.1 Å². The van der Waals surface area contributed by atoms with Crippen LogP contribution in [0.3, 0.4) is 0 Å². The molecule has 2 rings (SSSR count). The number of nitrogens with zero attached hydrogens (tertiary/aromatic N) is 1. The molecular formula is C19H26N2. The lowest BCUT2D eigenvalue weighted by molar-refractivity contribution is 0.588. The van der Waals surface area contributed by atoms with Crippen LogP contribution in [0.5, 0.6) is 0 Å². The first-order valence-corrected chi connectivity index (χ1v) is 7.54. The zero-order valence-corrected chi connectivity index (χ0v) is 14.0. The zero-order valence-electron chi connectivity index (χ0n) is 14.0. The Kier molecular flexibility index (Phi) is 4.48. The van der Waals surface area contributed by atoms with E-state index in [4.69, 9.17) is 0 Å². The molecule has 0 spiro atoms. The van der Waals surface area contributed by atoms with Crippen LogP contribution in [0.2, 0.25) is 0 Å². The Morgan fingerprint density at radius 2 is 1.67 bits per heavy atom. The molecule has 2 heteroatoms. The normalized spacial score (nSPS) is 13.2. The second kappa shape index (κ2) is 5.98. The van der Waals surface area contributed by atoms with Crippen LogP contribution in [-0.4, -0.2) is 12.0 Å². The van der Waals surface area contributed by atoms with Crippen molar-refractivity contribution in [3.8, 4) is 0 Å². The highest BCUT2D eigenvalue weighted by Gasteiger charge is 2.18. The van der Waals surface area contributed by atoms with Gasteiger partial charge in [-0.3, -0.25) is 4.98 Å². The van der Waals surface area contributed by atoms with Crippen molar-refractivity contribution in [1.82, 2.24) is 10.3 Å². The minimum Gasteiger partial charge on any atom is -0.308 e. The Hall–Kier alpha value is -1.67. The summed E-state index contributed by atoms with van der Waals surface area (Å²) in [5.41, 5.74) is 6.33. The maximum Gasteiger partial charge on any atom is 0.0751 e. The van der Waals surface area contributed by atoms with E-state index in [-0.39, 0.29) is 11.5 Å². The molecule has 0 amide bonds. The maximum absolute atomic E-state index is 4.63. The summed E-state index contributed by atoms with van der Waals surface area (Å²) in [6.45, 7) is 10.9. The Morgan fingerprint density at radius 1 is 1.05 bits per heavy atom. The van der Waals surface area contributed by atoms with Gasteiger partial charge in [-0.05, 0) is 48.6 Å². The molecule has 1 atom stereocenters. The van der Waals surface area contributed by atoms with E-state index in [9.17, 15) is 0 Å². The number of nitrogens with one attached hydrogen (secondary N) is 1. The van der Waals surface area contributed by atoms with Gasteiger partial charge < -0.3 is 5.32 Å². The molecule has 2 aromatic rings. The summed E-state index contributed by atoms with van der Waals surface area (Å²) < 4.78 is 0. The molecule has 0 aliphatic rings. The van der Waals surface area contributed by atoms with E-state index in [0.717, 1.165) is 5.69 Å². The van der Waals surface area contributed by atoms with Crippen LogP contribution in [-0.2, 0) is 5.41 Å². The minimum atomic E-state index is 0.139. The highest BCUT2D eigenvalue weighted by molar-refractivity contribution is 5.36. The third kappa shape index (κ3) is 3.51. The van der Waals surface area contributed by atoms with E-state index in [0.29, 0.717) is 0 Å². The topological polar surface area (TPSA) is 24.9 Å². The quantitative estimate of drug-likeness (QED) is 0.907. The minimum absolute atomic E-state index is 0.139. The molecule has 1 heterocycles. The molecule has 1 aromatic heterocycles. The Bertz CT molecular complexity index is 606. The van der Waals surface area contributed by atoms with Crippen molar-refractivity contribution in [2.75, 3.05) is 7.05 Å². The van der Waals surface area contributed by atoms with Crippen LogP contribution in [0.15, 0.2) is 36.5 Å². The van der Waals surface area contributed by atoms with Gasteiger partial charge in [-0.15, -0.1) is 0 Å². The molecule has 112 valence electrons. The van der Waals surface area contributed by atoms with Crippen LogP contribution in [0.1, 0.15) is 54.8 Å². The fraction of sp³-hybridized carbons (Fsp3) is 0.421. The molecular weight excluding hydrogens is 256 g/mol. The SMILES string of the molecule is CNC(c1ccc(C(C)(C)C)cc1)c1ncc(C)cc1C. The van der Waals surface area contributed by atoms with Crippen molar-refractivity contribution < 1.29 is 0 Å². The molecule has 1 N–H and O–H groups in total. The summed E-state index contributed by atoms with van der Waals surface area (Å²) in [5.74, 6) is 0. The number of hydrogen-bond acceptors (Lipinski definition) is 2. The van der Waals surface area contributed by atoms with Crippen molar-refractivity contribution in [1.29, 1.82) is 0 Å². The van der Waals surface area contributed by atoms with Crippen molar-refractivity contribution in [2.24, 2.45) is 0 Å². The van der Waals surface area contributed by atoms with Gasteiger partial charge in [0.1, 0.15) is 0 Å². The molecule has 0 aliphatic heterocycles. The summed E-state index contributed by atoms with van der Waals surface area (Å²) in [4.78, 5) is 4.63. The van der Waals surface area contributed by atoms with Crippen molar-refractivity contribution >= 4 is 0 Å². The predicted molar refractivity (Wildman–Crippen MR) is 89.8 cm³/mol. The fourth-order valence-electron chi connectivity index (χ4n) is 2.66. The van der Waals surface area contributed by atoms with Crippen LogP contribution in [0, 0.1) is 13.8 Å². The summed E-state index contributed by atoms with van der Waals surface area (Å²) in [6, 6.07) is 11.2. The van der Waals surface area contributed by atoms with Gasteiger partial charge >= 0.3 is 0 Å². The summed E-state index contributed by atoms with van der Waals surface area (Å²) in [7, 11) is 1.99. The fourth-order valence-corrected chi connectivity index (χ4v) is 2.66. The molecule has 0 aliphatic carbocycles. The lowest BCUT2D eigenvalue weighted by Gasteiger charge is -2.22. The molecule has 0 bridgehead atoms. The number of pyridine rings is 1. The first-order valence-electron chi connectivity index (χ1n) is 7.54. The van der Waals surface area contributed by atoms with Gasteiger partial charge in [0.15, 0.2) is 0 Å². The first kappa shape index (κ1) is 15.7. The Labute approximate surface area is 128 Å². The van der Waals surface area contributed by atoms with E-state index < -0.39 is 0 Å². The van der Waals surface area contributed by atoms with Crippen molar-refractivity contribution in [3.05, 3.63) is 64.5 Å². The monoisotopic (exact) mass is 282 g/mol. The van der Waals surface area contributed by atoms with E-state index in [1.54, 1.807) is 0 Å². The van der Waals surface area contributed by atoms with Crippen molar-refractivity contribution in [2.45, 2.75) is 46.1 Å². The van der Waals surface area contributed by atoms with Crippen molar-refractivity contribution in [3.63, 3.8) is 0 Å². The molecule has 0 fully saturated rings. The summed E-state index contributed by atoms with van der Waals surface area (Å²) >= 11 is 0. The largest absolute Gasteiger partial charge is 0.308 e. The van der Waals surface area contributed by atoms with Crippen LogP contribution in [0.25, 0.3) is 0 Å². The van der Waals surface area contributed by atoms with E-state index in [1.165, 1.54) is 22.3 Å². The smallest absolute Gasteiger partial charge is 0.0751 e. The maximum atomic E-state index is 4.63. The van der Waals surface area contributed by atoms with E-state index >= 15 is 0 Å². The number of aryl methyl sites for hydroxylation is 2. The Balaban J connectivity index is 2.37. The van der Waals surface area contributed by atoms with Gasteiger partial charge in [-0.2, -0.15) is 0 Å². The third-order valence-electron chi connectivity index (χ3n) is 3.93.